The quantitative estimate of drug-likeness (QED) is 0.265. The molecule has 242 valence electrons. The molecule has 2 saturated carbocycles. The number of nitrogens with one attached hydrogen (secondary N) is 3. The SMILES string of the molecule is CCC(c1ccccc1)C1(NC(=O)NC(C(=O)N2CCC[C@H]2C(=O)NC(CC2CC2)C(=O)C(N)=O)C(C)(C)C)CCCCC1. The molecule has 0 radical (unpaired) electrons. The van der Waals surface area contributed by atoms with Gasteiger partial charge in [-0.05, 0) is 55.4 Å². The molecule has 2 aliphatic carbocycles. The number of carbonyl (C=O) groups is 5. The molecule has 10 heteroatoms. The zero-order valence-corrected chi connectivity index (χ0v) is 26.8. The lowest BCUT2D eigenvalue weighted by atomic mass is 9.69. The molecule has 3 unspecified atom stereocenters. The van der Waals surface area contributed by atoms with E-state index in [0.717, 1.165) is 51.4 Å². The first-order chi connectivity index (χ1) is 20.9. The Morgan fingerprint density at radius 1 is 0.955 bits per heavy atom. The average molecular weight is 610 g/mol. The van der Waals surface area contributed by atoms with Gasteiger partial charge in [-0.1, -0.05) is 90.1 Å². The average Bonchev–Trinajstić information content (AvgIpc) is 3.66. The Kier molecular flexibility index (Phi) is 10.7. The molecule has 44 heavy (non-hydrogen) atoms. The van der Waals surface area contributed by atoms with Crippen molar-refractivity contribution in [2.75, 3.05) is 6.54 Å². The molecule has 0 bridgehead atoms. The van der Waals surface area contributed by atoms with Crippen molar-refractivity contribution in [2.45, 2.75) is 128 Å². The summed E-state index contributed by atoms with van der Waals surface area (Å²) >= 11 is 0. The second-order valence-electron chi connectivity index (χ2n) is 14.1. The highest BCUT2D eigenvalue weighted by atomic mass is 16.2. The molecule has 1 aliphatic heterocycles. The first kappa shape index (κ1) is 33.5. The van der Waals surface area contributed by atoms with Crippen LogP contribution in [-0.4, -0.2) is 64.6 Å². The minimum absolute atomic E-state index is 0.136. The topological polar surface area (TPSA) is 151 Å². The summed E-state index contributed by atoms with van der Waals surface area (Å²) in [4.78, 5) is 67.0. The number of hydrogen-bond donors (Lipinski definition) is 4. The van der Waals surface area contributed by atoms with Crippen LogP contribution in [0.2, 0.25) is 0 Å². The lowest BCUT2D eigenvalue weighted by Gasteiger charge is -2.45. The maximum atomic E-state index is 14.1. The highest BCUT2D eigenvalue weighted by Gasteiger charge is 2.45. The minimum Gasteiger partial charge on any atom is -0.363 e. The lowest BCUT2D eigenvalue weighted by molar-refractivity contribution is -0.143. The highest BCUT2D eigenvalue weighted by Crippen LogP contribution is 2.42. The van der Waals surface area contributed by atoms with E-state index < -0.39 is 46.7 Å². The van der Waals surface area contributed by atoms with E-state index in [9.17, 15) is 24.0 Å². The van der Waals surface area contributed by atoms with Crippen LogP contribution in [0.15, 0.2) is 30.3 Å². The molecule has 3 aliphatic rings. The van der Waals surface area contributed by atoms with Crippen LogP contribution < -0.4 is 21.7 Å². The molecular formula is C34H51N5O5. The van der Waals surface area contributed by atoms with Crippen molar-refractivity contribution in [3.63, 3.8) is 0 Å². The molecule has 1 aromatic rings. The van der Waals surface area contributed by atoms with Crippen molar-refractivity contribution >= 4 is 29.5 Å². The molecule has 10 nitrogen and oxygen atoms in total. The van der Waals surface area contributed by atoms with Gasteiger partial charge in [0.25, 0.3) is 5.91 Å². The van der Waals surface area contributed by atoms with Crippen molar-refractivity contribution in [1.29, 1.82) is 0 Å². The van der Waals surface area contributed by atoms with E-state index in [1.54, 1.807) is 0 Å². The van der Waals surface area contributed by atoms with Gasteiger partial charge in [0.1, 0.15) is 12.1 Å². The van der Waals surface area contributed by atoms with Crippen LogP contribution in [0.3, 0.4) is 0 Å². The molecule has 5 N–H and O–H groups in total. The number of hydrogen-bond acceptors (Lipinski definition) is 5. The van der Waals surface area contributed by atoms with Crippen LogP contribution in [0.4, 0.5) is 4.79 Å². The number of primary amides is 1. The van der Waals surface area contributed by atoms with Gasteiger partial charge in [-0.15, -0.1) is 0 Å². The van der Waals surface area contributed by atoms with Crippen LogP contribution in [0, 0.1) is 11.3 Å². The second kappa shape index (κ2) is 14.1. The van der Waals surface area contributed by atoms with Crippen molar-refractivity contribution in [3.05, 3.63) is 35.9 Å². The molecular weight excluding hydrogens is 558 g/mol. The van der Waals surface area contributed by atoms with Gasteiger partial charge >= 0.3 is 6.03 Å². The summed E-state index contributed by atoms with van der Waals surface area (Å²) in [6.07, 6.45) is 9.07. The molecule has 1 aromatic carbocycles. The Morgan fingerprint density at radius 3 is 2.18 bits per heavy atom. The first-order valence-electron chi connectivity index (χ1n) is 16.4. The van der Waals surface area contributed by atoms with E-state index in [1.165, 1.54) is 10.5 Å². The van der Waals surface area contributed by atoms with Crippen molar-refractivity contribution < 1.29 is 24.0 Å². The number of amides is 5. The monoisotopic (exact) mass is 609 g/mol. The predicted octanol–water partition coefficient (Wildman–Crippen LogP) is 3.93. The number of likely N-dealkylation sites (tertiary alicyclic amines) is 1. The second-order valence-corrected chi connectivity index (χ2v) is 14.1. The lowest BCUT2D eigenvalue weighted by Crippen LogP contribution is -2.63. The normalized spacial score (nSPS) is 21.9. The summed E-state index contributed by atoms with van der Waals surface area (Å²) in [5.41, 5.74) is 5.39. The van der Waals surface area contributed by atoms with Crippen molar-refractivity contribution in [2.24, 2.45) is 17.1 Å². The van der Waals surface area contributed by atoms with Crippen LogP contribution in [0.5, 0.6) is 0 Å². The largest absolute Gasteiger partial charge is 0.363 e. The fourth-order valence-corrected chi connectivity index (χ4v) is 7.24. The molecule has 3 fully saturated rings. The molecule has 0 spiro atoms. The van der Waals surface area contributed by atoms with E-state index in [4.69, 9.17) is 5.73 Å². The fourth-order valence-electron chi connectivity index (χ4n) is 7.24. The zero-order chi connectivity index (χ0) is 32.1. The number of nitrogens with zero attached hydrogens (tertiary/aromatic N) is 1. The van der Waals surface area contributed by atoms with Gasteiger partial charge in [0.15, 0.2) is 0 Å². The molecule has 5 amide bonds. The summed E-state index contributed by atoms with van der Waals surface area (Å²) in [6.45, 7) is 8.20. The Hall–Kier alpha value is -3.43. The number of rotatable bonds is 12. The van der Waals surface area contributed by atoms with Crippen LogP contribution in [-0.2, 0) is 19.2 Å². The summed E-state index contributed by atoms with van der Waals surface area (Å²) in [7, 11) is 0. The maximum Gasteiger partial charge on any atom is 0.315 e. The summed E-state index contributed by atoms with van der Waals surface area (Å²) in [5, 5.41) is 9.10. The minimum atomic E-state index is -1.08. The first-order valence-corrected chi connectivity index (χ1v) is 16.4. The number of urea groups is 1. The fraction of sp³-hybridized carbons (Fsp3) is 0.676. The van der Waals surface area contributed by atoms with E-state index in [2.05, 4.69) is 35.0 Å². The number of ketones is 1. The highest BCUT2D eigenvalue weighted by molar-refractivity contribution is 6.37. The van der Waals surface area contributed by atoms with Gasteiger partial charge in [-0.3, -0.25) is 19.2 Å². The van der Waals surface area contributed by atoms with Crippen LogP contribution in [0.25, 0.3) is 0 Å². The number of benzene rings is 1. The Labute approximate surface area is 261 Å². The molecule has 0 aromatic heterocycles. The molecule has 1 heterocycles. The van der Waals surface area contributed by atoms with Gasteiger partial charge in [0.05, 0.1) is 6.04 Å². The predicted molar refractivity (Wildman–Crippen MR) is 168 cm³/mol. The van der Waals surface area contributed by atoms with Gasteiger partial charge in [0, 0.05) is 18.0 Å². The van der Waals surface area contributed by atoms with Gasteiger partial charge in [-0.2, -0.15) is 0 Å². The standard InChI is InChI=1S/C34H51N5O5/c1-5-24(23-13-8-6-9-14-23)34(18-10-7-11-19-34)38-32(44)37-28(33(2,3)4)31(43)39-20-12-15-26(39)30(42)36-25(21-22-16-17-22)27(40)29(35)41/h6,8-9,13-14,22,24-26,28H,5,7,10-12,15-21H2,1-4H3,(H2,35,41)(H,36,42)(H2,37,38,44)/t24?,25?,26-,28?/m0/s1. The Balaban J connectivity index is 1.50. The van der Waals surface area contributed by atoms with Crippen molar-refractivity contribution in [1.82, 2.24) is 20.9 Å². The molecule has 1 saturated heterocycles. The third-order valence-corrected chi connectivity index (χ3v) is 9.75. The van der Waals surface area contributed by atoms with E-state index in [0.29, 0.717) is 25.8 Å². The summed E-state index contributed by atoms with van der Waals surface area (Å²) in [5.74, 6) is -2.28. The third kappa shape index (κ3) is 7.99. The molecule has 4 rings (SSSR count). The van der Waals surface area contributed by atoms with Gasteiger partial charge < -0.3 is 26.6 Å². The number of nitrogens with two attached hydrogens (primary N) is 1. The number of Topliss-reactive ketones (excluding diaryl/α,β-unsaturated/α-hetero) is 1. The van der Waals surface area contributed by atoms with Gasteiger partial charge in [0.2, 0.25) is 17.6 Å². The Bertz CT molecular complexity index is 1200. The summed E-state index contributed by atoms with van der Waals surface area (Å²) in [6, 6.07) is 7.24. The molecule has 4 atom stereocenters. The zero-order valence-electron chi connectivity index (χ0n) is 26.8. The smallest absolute Gasteiger partial charge is 0.315 e. The maximum absolute atomic E-state index is 14.1. The van der Waals surface area contributed by atoms with Crippen LogP contribution in [0.1, 0.15) is 110 Å². The van der Waals surface area contributed by atoms with E-state index in [-0.39, 0.29) is 23.8 Å². The van der Waals surface area contributed by atoms with Crippen molar-refractivity contribution in [3.8, 4) is 0 Å². The van der Waals surface area contributed by atoms with Gasteiger partial charge in [-0.25, -0.2) is 4.79 Å². The Morgan fingerprint density at radius 2 is 1.61 bits per heavy atom. The third-order valence-electron chi connectivity index (χ3n) is 9.75. The van der Waals surface area contributed by atoms with E-state index in [1.807, 2.05) is 39.0 Å². The summed E-state index contributed by atoms with van der Waals surface area (Å²) < 4.78 is 0. The van der Waals surface area contributed by atoms with Crippen LogP contribution >= 0.6 is 0 Å². The van der Waals surface area contributed by atoms with E-state index >= 15 is 0 Å². The number of carbonyl (C=O) groups excluding carboxylic acids is 5.